The summed E-state index contributed by atoms with van der Waals surface area (Å²) in [6.07, 6.45) is 5.60. The molecule has 2 heterocycles. The fraction of sp³-hybridized carbons (Fsp3) is 0.478. The lowest BCUT2D eigenvalue weighted by molar-refractivity contribution is -0.117. The molecular formula is C23H25NO5S. The van der Waals surface area contributed by atoms with Gasteiger partial charge in [0.25, 0.3) is 0 Å². The van der Waals surface area contributed by atoms with Crippen molar-refractivity contribution in [2.45, 2.75) is 62.2 Å². The Balaban J connectivity index is 1.57. The maximum atomic E-state index is 12.9. The van der Waals surface area contributed by atoms with E-state index in [0.29, 0.717) is 61.4 Å². The summed E-state index contributed by atoms with van der Waals surface area (Å²) in [5, 5.41) is 0. The molecule has 6 nitrogen and oxygen atoms in total. The van der Waals surface area contributed by atoms with Gasteiger partial charge in [-0.3, -0.25) is 9.59 Å². The van der Waals surface area contributed by atoms with Crippen LogP contribution in [-0.4, -0.2) is 37.4 Å². The number of ketones is 2. The number of ether oxygens (including phenoxy) is 1. The van der Waals surface area contributed by atoms with Crippen molar-refractivity contribution in [3.8, 4) is 0 Å². The number of rotatable bonds is 3. The van der Waals surface area contributed by atoms with Crippen LogP contribution < -0.4 is 0 Å². The quantitative estimate of drug-likeness (QED) is 0.736. The molecule has 7 heteroatoms. The molecule has 4 aliphatic rings. The Morgan fingerprint density at radius 2 is 1.30 bits per heavy atom. The van der Waals surface area contributed by atoms with Crippen LogP contribution in [0.1, 0.15) is 62.8 Å². The van der Waals surface area contributed by atoms with Crippen LogP contribution >= 0.6 is 0 Å². The second kappa shape index (κ2) is 7.46. The van der Waals surface area contributed by atoms with E-state index in [1.165, 1.54) is 4.31 Å². The average molecular weight is 428 g/mol. The smallest absolute Gasteiger partial charge is 0.243 e. The van der Waals surface area contributed by atoms with Gasteiger partial charge in [0.2, 0.25) is 10.0 Å². The molecule has 158 valence electrons. The minimum Gasteiger partial charge on any atom is -0.465 e. The van der Waals surface area contributed by atoms with E-state index in [9.17, 15) is 18.0 Å². The zero-order valence-electron chi connectivity index (χ0n) is 16.9. The first kappa shape index (κ1) is 19.7. The Labute approximate surface area is 176 Å². The molecule has 0 spiro atoms. The Morgan fingerprint density at radius 3 is 1.83 bits per heavy atom. The highest BCUT2D eigenvalue weighted by Crippen LogP contribution is 2.47. The molecule has 1 fully saturated rings. The first-order valence-electron chi connectivity index (χ1n) is 10.8. The number of benzene rings is 1. The van der Waals surface area contributed by atoms with Crippen molar-refractivity contribution in [2.75, 3.05) is 13.1 Å². The van der Waals surface area contributed by atoms with E-state index >= 15 is 0 Å². The summed E-state index contributed by atoms with van der Waals surface area (Å²) in [5.74, 6) is 0.990. The fourth-order valence-corrected chi connectivity index (χ4v) is 6.58. The number of carbonyl (C=O) groups excluding carboxylic acids is 2. The first-order chi connectivity index (χ1) is 14.5. The number of nitrogens with zero attached hydrogens (tertiary/aromatic N) is 1. The van der Waals surface area contributed by atoms with Crippen LogP contribution in [0.2, 0.25) is 0 Å². The maximum Gasteiger partial charge on any atom is 0.243 e. The zero-order chi connectivity index (χ0) is 20.9. The van der Waals surface area contributed by atoms with Gasteiger partial charge in [0, 0.05) is 55.8 Å². The second-order valence-corrected chi connectivity index (χ2v) is 10.4. The van der Waals surface area contributed by atoms with Gasteiger partial charge < -0.3 is 4.74 Å². The van der Waals surface area contributed by atoms with Gasteiger partial charge in [0.1, 0.15) is 11.5 Å². The third-order valence-corrected chi connectivity index (χ3v) is 8.47. The van der Waals surface area contributed by atoms with Crippen LogP contribution in [0.25, 0.3) is 0 Å². The largest absolute Gasteiger partial charge is 0.465 e. The van der Waals surface area contributed by atoms with Gasteiger partial charge in [0.05, 0.1) is 4.90 Å². The number of carbonyl (C=O) groups is 2. The molecule has 0 bridgehead atoms. The number of Topliss-reactive ketones (excluding diaryl/α,β-unsaturated/α-hetero) is 2. The average Bonchev–Trinajstić information content (AvgIpc) is 3.29. The Morgan fingerprint density at radius 1 is 0.767 bits per heavy atom. The SMILES string of the molecule is O=C1CCCC2=C1C(c1ccc(S(=O)(=O)N3CCCC3)cc1)C1=C(CCCC1=O)O2. The molecule has 1 aromatic rings. The molecule has 2 aliphatic heterocycles. The molecule has 0 atom stereocenters. The van der Waals surface area contributed by atoms with Gasteiger partial charge in [0.15, 0.2) is 11.6 Å². The maximum absolute atomic E-state index is 12.9. The number of allylic oxidation sites excluding steroid dienone is 4. The van der Waals surface area contributed by atoms with Crippen LogP contribution in [-0.2, 0) is 24.3 Å². The van der Waals surface area contributed by atoms with E-state index < -0.39 is 15.9 Å². The van der Waals surface area contributed by atoms with E-state index in [-0.39, 0.29) is 16.5 Å². The summed E-state index contributed by atoms with van der Waals surface area (Å²) in [6.45, 7) is 1.11. The topological polar surface area (TPSA) is 80.8 Å². The number of hydrogen-bond donors (Lipinski definition) is 0. The van der Waals surface area contributed by atoms with Gasteiger partial charge in [-0.2, -0.15) is 4.31 Å². The van der Waals surface area contributed by atoms with E-state index in [4.69, 9.17) is 4.74 Å². The second-order valence-electron chi connectivity index (χ2n) is 8.44. The minimum atomic E-state index is -3.50. The van der Waals surface area contributed by atoms with Crippen molar-refractivity contribution in [3.05, 3.63) is 52.5 Å². The van der Waals surface area contributed by atoms with Crippen molar-refractivity contribution in [1.29, 1.82) is 0 Å². The predicted octanol–water partition coefficient (Wildman–Crippen LogP) is 3.60. The van der Waals surface area contributed by atoms with Crippen LogP contribution in [0, 0.1) is 0 Å². The molecule has 5 rings (SSSR count). The van der Waals surface area contributed by atoms with Gasteiger partial charge in [-0.05, 0) is 43.4 Å². The van der Waals surface area contributed by atoms with Crippen molar-refractivity contribution in [2.24, 2.45) is 0 Å². The lowest BCUT2D eigenvalue weighted by atomic mass is 9.73. The third-order valence-electron chi connectivity index (χ3n) is 6.56. The Kier molecular flexibility index (Phi) is 4.90. The fourth-order valence-electron chi connectivity index (χ4n) is 5.06. The molecule has 0 saturated carbocycles. The molecule has 0 amide bonds. The van der Waals surface area contributed by atoms with Crippen molar-refractivity contribution in [1.82, 2.24) is 4.31 Å². The number of sulfonamides is 1. The predicted molar refractivity (Wildman–Crippen MR) is 110 cm³/mol. The molecule has 1 saturated heterocycles. The number of hydrogen-bond acceptors (Lipinski definition) is 5. The molecular weight excluding hydrogens is 402 g/mol. The van der Waals surface area contributed by atoms with E-state index in [1.54, 1.807) is 24.3 Å². The van der Waals surface area contributed by atoms with Crippen LogP contribution in [0.15, 0.2) is 51.8 Å². The summed E-state index contributed by atoms with van der Waals surface area (Å²) in [5.41, 5.74) is 1.96. The molecule has 2 aliphatic carbocycles. The van der Waals surface area contributed by atoms with Crippen molar-refractivity contribution in [3.63, 3.8) is 0 Å². The molecule has 30 heavy (non-hydrogen) atoms. The van der Waals surface area contributed by atoms with Crippen molar-refractivity contribution >= 4 is 21.6 Å². The van der Waals surface area contributed by atoms with Crippen LogP contribution in [0.5, 0.6) is 0 Å². The normalized spacial score (nSPS) is 23.5. The summed E-state index contributed by atoms with van der Waals surface area (Å²) in [4.78, 5) is 25.9. The van der Waals surface area contributed by atoms with Crippen LogP contribution in [0.3, 0.4) is 0 Å². The highest BCUT2D eigenvalue weighted by Gasteiger charge is 2.41. The van der Waals surface area contributed by atoms with E-state index in [1.807, 2.05) is 0 Å². The lowest BCUT2D eigenvalue weighted by Crippen LogP contribution is -2.30. The molecule has 0 unspecified atom stereocenters. The standard InChI is InChI=1S/C23H25NO5S/c25-17-5-3-7-19-22(17)21(23-18(26)6-4-8-20(23)29-19)15-9-11-16(12-10-15)30(27,28)24-13-1-2-14-24/h9-12,21H,1-8,13-14H2. The monoisotopic (exact) mass is 427 g/mol. The first-order valence-corrected chi connectivity index (χ1v) is 12.2. The van der Waals surface area contributed by atoms with E-state index in [0.717, 1.165) is 31.2 Å². The summed E-state index contributed by atoms with van der Waals surface area (Å²) < 4.78 is 33.3. The zero-order valence-corrected chi connectivity index (χ0v) is 17.7. The Hall–Kier alpha value is -2.25. The molecule has 0 aromatic heterocycles. The molecule has 0 N–H and O–H groups in total. The summed E-state index contributed by atoms with van der Waals surface area (Å²) in [6, 6.07) is 6.74. The highest BCUT2D eigenvalue weighted by atomic mass is 32.2. The van der Waals surface area contributed by atoms with Crippen molar-refractivity contribution < 1.29 is 22.7 Å². The summed E-state index contributed by atoms with van der Waals surface area (Å²) >= 11 is 0. The third kappa shape index (κ3) is 3.15. The van der Waals surface area contributed by atoms with Gasteiger partial charge in [-0.1, -0.05) is 12.1 Å². The summed E-state index contributed by atoms with van der Waals surface area (Å²) in [7, 11) is -3.50. The Bertz CT molecular complexity index is 1030. The lowest BCUT2D eigenvalue weighted by Gasteiger charge is -2.36. The van der Waals surface area contributed by atoms with Gasteiger partial charge >= 0.3 is 0 Å². The van der Waals surface area contributed by atoms with Gasteiger partial charge in [-0.25, -0.2) is 8.42 Å². The molecule has 0 radical (unpaired) electrons. The molecule has 1 aromatic carbocycles. The highest BCUT2D eigenvalue weighted by molar-refractivity contribution is 7.89. The van der Waals surface area contributed by atoms with E-state index in [2.05, 4.69) is 0 Å². The van der Waals surface area contributed by atoms with Gasteiger partial charge in [-0.15, -0.1) is 0 Å². The van der Waals surface area contributed by atoms with Crippen LogP contribution in [0.4, 0.5) is 0 Å². The minimum absolute atomic E-state index is 0.0277.